The van der Waals surface area contributed by atoms with Gasteiger partial charge in [0.15, 0.2) is 0 Å². The van der Waals surface area contributed by atoms with Crippen LogP contribution in [0.25, 0.3) is 0 Å². The average Bonchev–Trinajstić information content (AvgIpc) is 2.01. The molecule has 76 valence electrons. The minimum atomic E-state index is -2.69. The molecule has 0 amide bonds. The van der Waals surface area contributed by atoms with E-state index in [0.29, 0.717) is 6.54 Å². The van der Waals surface area contributed by atoms with Gasteiger partial charge in [-0.25, -0.2) is 8.78 Å². The van der Waals surface area contributed by atoms with E-state index >= 15 is 0 Å². The minimum absolute atomic E-state index is 0.0509. The van der Waals surface area contributed by atoms with Crippen molar-refractivity contribution in [1.82, 2.24) is 5.32 Å². The predicted octanol–water partition coefficient (Wildman–Crippen LogP) is 1.10. The number of halogens is 2. The van der Waals surface area contributed by atoms with E-state index in [1.54, 1.807) is 0 Å². The Labute approximate surface area is 75.1 Å². The Balaban J connectivity index is 2.41. The lowest BCUT2D eigenvalue weighted by molar-refractivity contribution is -0.138. The van der Waals surface area contributed by atoms with E-state index in [9.17, 15) is 13.6 Å². The number of rotatable bonds is 3. The Hall–Kier alpha value is -0.710. The molecule has 1 rings (SSSR count). The normalized spacial score (nSPS) is 27.1. The van der Waals surface area contributed by atoms with E-state index in [0.717, 1.165) is 0 Å². The second-order valence-electron chi connectivity index (χ2n) is 3.34. The van der Waals surface area contributed by atoms with E-state index in [1.807, 2.05) is 0 Å². The molecule has 2 N–H and O–H groups in total. The van der Waals surface area contributed by atoms with Gasteiger partial charge in [0.25, 0.3) is 5.92 Å². The molecule has 0 aromatic carbocycles. The predicted molar refractivity (Wildman–Crippen MR) is 42.8 cm³/mol. The van der Waals surface area contributed by atoms with Gasteiger partial charge in [-0.05, 0) is 6.42 Å². The topological polar surface area (TPSA) is 49.3 Å². The van der Waals surface area contributed by atoms with Crippen LogP contribution >= 0.6 is 0 Å². The van der Waals surface area contributed by atoms with Crippen LogP contribution in [0, 0.1) is 5.92 Å². The highest BCUT2D eigenvalue weighted by Crippen LogP contribution is 2.33. The van der Waals surface area contributed by atoms with E-state index in [2.05, 4.69) is 5.32 Å². The summed E-state index contributed by atoms with van der Waals surface area (Å²) in [6.07, 6.45) is -0.311. The SMILES string of the molecule is O=C(O)CCC1CNCCC1(F)F. The summed E-state index contributed by atoms with van der Waals surface area (Å²) in [5, 5.41) is 11.2. The largest absolute Gasteiger partial charge is 0.481 e. The molecule has 13 heavy (non-hydrogen) atoms. The lowest BCUT2D eigenvalue weighted by atomic mass is 9.91. The van der Waals surface area contributed by atoms with E-state index in [-0.39, 0.29) is 25.8 Å². The second-order valence-corrected chi connectivity index (χ2v) is 3.34. The van der Waals surface area contributed by atoms with Crippen LogP contribution in [-0.4, -0.2) is 30.1 Å². The molecule has 1 aliphatic rings. The van der Waals surface area contributed by atoms with Gasteiger partial charge in [-0.1, -0.05) is 0 Å². The van der Waals surface area contributed by atoms with Gasteiger partial charge in [0, 0.05) is 31.8 Å². The molecule has 1 atom stereocenters. The molecule has 0 radical (unpaired) electrons. The molecule has 0 aliphatic carbocycles. The van der Waals surface area contributed by atoms with Gasteiger partial charge in [-0.2, -0.15) is 0 Å². The third-order valence-electron chi connectivity index (χ3n) is 2.33. The Morgan fingerprint density at radius 2 is 2.31 bits per heavy atom. The molecule has 5 heteroatoms. The van der Waals surface area contributed by atoms with Crippen molar-refractivity contribution in [2.45, 2.75) is 25.2 Å². The number of carbonyl (C=O) groups is 1. The Bertz CT molecular complexity index is 197. The van der Waals surface area contributed by atoms with Crippen LogP contribution in [0.4, 0.5) is 8.78 Å². The molecule has 0 saturated carbocycles. The van der Waals surface area contributed by atoms with Crippen LogP contribution in [-0.2, 0) is 4.79 Å². The summed E-state index contributed by atoms with van der Waals surface area (Å²) in [5.41, 5.74) is 0. The Kier molecular flexibility index (Phi) is 3.19. The molecule has 0 spiro atoms. The molecule has 1 fully saturated rings. The number of nitrogens with one attached hydrogen (secondary N) is 1. The summed E-state index contributed by atoms with van der Waals surface area (Å²) in [4.78, 5) is 10.2. The average molecular weight is 193 g/mol. The molecule has 1 heterocycles. The number of hydrogen-bond donors (Lipinski definition) is 2. The highest BCUT2D eigenvalue weighted by atomic mass is 19.3. The first-order chi connectivity index (χ1) is 6.02. The fourth-order valence-electron chi connectivity index (χ4n) is 1.50. The summed E-state index contributed by atoms with van der Waals surface area (Å²) < 4.78 is 26.2. The number of piperidine rings is 1. The maximum Gasteiger partial charge on any atom is 0.303 e. The van der Waals surface area contributed by atoms with E-state index < -0.39 is 17.8 Å². The van der Waals surface area contributed by atoms with Crippen molar-refractivity contribution in [3.05, 3.63) is 0 Å². The highest BCUT2D eigenvalue weighted by Gasteiger charge is 2.40. The first-order valence-electron chi connectivity index (χ1n) is 4.33. The van der Waals surface area contributed by atoms with Gasteiger partial charge in [0.1, 0.15) is 0 Å². The third kappa shape index (κ3) is 2.91. The first-order valence-corrected chi connectivity index (χ1v) is 4.33. The van der Waals surface area contributed by atoms with Gasteiger partial charge in [0.2, 0.25) is 0 Å². The molecule has 1 unspecified atom stereocenters. The maximum atomic E-state index is 13.1. The molecule has 0 aromatic heterocycles. The number of alkyl halides is 2. The summed E-state index contributed by atoms with van der Waals surface area (Å²) >= 11 is 0. The van der Waals surface area contributed by atoms with Crippen molar-refractivity contribution in [3.8, 4) is 0 Å². The number of hydrogen-bond acceptors (Lipinski definition) is 2. The van der Waals surface area contributed by atoms with Crippen LogP contribution < -0.4 is 5.32 Å². The van der Waals surface area contributed by atoms with Crippen molar-refractivity contribution in [3.63, 3.8) is 0 Å². The smallest absolute Gasteiger partial charge is 0.303 e. The molecule has 1 aliphatic heterocycles. The van der Waals surface area contributed by atoms with Crippen LogP contribution in [0.15, 0.2) is 0 Å². The van der Waals surface area contributed by atoms with Crippen molar-refractivity contribution < 1.29 is 18.7 Å². The molecular weight excluding hydrogens is 180 g/mol. The van der Waals surface area contributed by atoms with Crippen LogP contribution in [0.1, 0.15) is 19.3 Å². The van der Waals surface area contributed by atoms with Crippen LogP contribution in [0.2, 0.25) is 0 Å². The lowest BCUT2D eigenvalue weighted by Crippen LogP contribution is -2.44. The summed E-state index contributed by atoms with van der Waals surface area (Å²) in [6.45, 7) is 0.539. The van der Waals surface area contributed by atoms with Crippen LogP contribution in [0.5, 0.6) is 0 Å². The fourth-order valence-corrected chi connectivity index (χ4v) is 1.50. The van der Waals surface area contributed by atoms with Gasteiger partial charge in [0.05, 0.1) is 0 Å². The molecular formula is C8H13F2NO2. The summed E-state index contributed by atoms with van der Waals surface area (Å²) in [6, 6.07) is 0. The number of aliphatic carboxylic acids is 1. The fraction of sp³-hybridized carbons (Fsp3) is 0.875. The van der Waals surface area contributed by atoms with Crippen molar-refractivity contribution in [1.29, 1.82) is 0 Å². The molecule has 0 aromatic rings. The molecule has 1 saturated heterocycles. The quantitative estimate of drug-likeness (QED) is 0.705. The zero-order valence-corrected chi connectivity index (χ0v) is 7.22. The van der Waals surface area contributed by atoms with Crippen molar-refractivity contribution >= 4 is 5.97 Å². The Morgan fingerprint density at radius 1 is 1.62 bits per heavy atom. The summed E-state index contributed by atoms with van der Waals surface area (Å²) in [7, 11) is 0. The minimum Gasteiger partial charge on any atom is -0.481 e. The number of carboxylic acids is 1. The van der Waals surface area contributed by atoms with Gasteiger partial charge in [-0.15, -0.1) is 0 Å². The zero-order chi connectivity index (χ0) is 9.90. The molecule has 0 bridgehead atoms. The van der Waals surface area contributed by atoms with Crippen molar-refractivity contribution in [2.75, 3.05) is 13.1 Å². The maximum absolute atomic E-state index is 13.1. The standard InChI is InChI=1S/C8H13F2NO2/c9-8(10)3-4-11-5-6(8)1-2-7(12)13/h6,11H,1-5H2,(H,12,13). The van der Waals surface area contributed by atoms with Gasteiger partial charge >= 0.3 is 5.97 Å². The summed E-state index contributed by atoms with van der Waals surface area (Å²) in [5.74, 6) is -4.53. The van der Waals surface area contributed by atoms with Crippen molar-refractivity contribution in [2.24, 2.45) is 5.92 Å². The van der Waals surface area contributed by atoms with E-state index in [4.69, 9.17) is 5.11 Å². The highest BCUT2D eigenvalue weighted by molar-refractivity contribution is 5.66. The van der Waals surface area contributed by atoms with Crippen LogP contribution in [0.3, 0.4) is 0 Å². The number of carboxylic acid groups (broad SMARTS) is 1. The monoisotopic (exact) mass is 193 g/mol. The van der Waals surface area contributed by atoms with Gasteiger partial charge in [-0.3, -0.25) is 4.79 Å². The van der Waals surface area contributed by atoms with Gasteiger partial charge < -0.3 is 10.4 Å². The first kappa shape index (κ1) is 10.4. The van der Waals surface area contributed by atoms with E-state index in [1.165, 1.54) is 0 Å². The Morgan fingerprint density at radius 3 is 2.85 bits per heavy atom. The zero-order valence-electron chi connectivity index (χ0n) is 7.22. The molecule has 3 nitrogen and oxygen atoms in total. The third-order valence-corrected chi connectivity index (χ3v) is 2.33. The lowest BCUT2D eigenvalue weighted by Gasteiger charge is -2.31. The second kappa shape index (κ2) is 4.00.